The largest absolute Gasteiger partial charge is 0.504 e. The number of hydrogen-bond acceptors (Lipinski definition) is 5. The maximum Gasteiger partial charge on any atom is 0.164 e. The van der Waals surface area contributed by atoms with Crippen LogP contribution in [0.3, 0.4) is 0 Å². The summed E-state index contributed by atoms with van der Waals surface area (Å²) in [6.45, 7) is 1.23. The van der Waals surface area contributed by atoms with Gasteiger partial charge >= 0.3 is 0 Å². The molecule has 1 aromatic heterocycles. The normalized spacial score (nSPS) is 10.6. The Morgan fingerprint density at radius 2 is 2.22 bits per heavy atom. The Labute approximate surface area is 105 Å². The summed E-state index contributed by atoms with van der Waals surface area (Å²) in [7, 11) is 3.36. The van der Waals surface area contributed by atoms with Crippen molar-refractivity contribution in [1.82, 2.24) is 20.1 Å². The molecule has 6 nitrogen and oxygen atoms in total. The van der Waals surface area contributed by atoms with Gasteiger partial charge in [0.25, 0.3) is 0 Å². The van der Waals surface area contributed by atoms with Gasteiger partial charge in [0.1, 0.15) is 6.33 Å². The van der Waals surface area contributed by atoms with E-state index in [-0.39, 0.29) is 5.75 Å². The van der Waals surface area contributed by atoms with Crippen LogP contribution in [0.1, 0.15) is 11.4 Å². The lowest BCUT2D eigenvalue weighted by Gasteiger charge is -2.06. The molecule has 0 saturated carbocycles. The monoisotopic (exact) mass is 248 g/mol. The standard InChI is InChI=1S/C12H16N4O2/c1-16-8-14-12(15-16)7-13-6-9-3-4-11(18-2)10(17)5-9/h3-5,8,13,17H,6-7H2,1-2H3. The first-order valence-electron chi connectivity index (χ1n) is 5.60. The maximum absolute atomic E-state index is 9.63. The topological polar surface area (TPSA) is 72.2 Å². The van der Waals surface area contributed by atoms with Gasteiger partial charge in [0, 0.05) is 13.6 Å². The van der Waals surface area contributed by atoms with Crippen molar-refractivity contribution in [3.63, 3.8) is 0 Å². The number of methoxy groups -OCH3 is 1. The van der Waals surface area contributed by atoms with E-state index in [1.807, 2.05) is 13.1 Å². The van der Waals surface area contributed by atoms with Crippen molar-refractivity contribution in [3.8, 4) is 11.5 Å². The van der Waals surface area contributed by atoms with E-state index in [2.05, 4.69) is 15.4 Å². The lowest BCUT2D eigenvalue weighted by Crippen LogP contribution is -2.14. The molecule has 6 heteroatoms. The van der Waals surface area contributed by atoms with Crippen LogP contribution in [0.4, 0.5) is 0 Å². The van der Waals surface area contributed by atoms with E-state index in [1.165, 1.54) is 7.11 Å². The third kappa shape index (κ3) is 2.98. The number of aromatic nitrogens is 3. The predicted octanol–water partition coefficient (Wildman–Crippen LogP) is 0.819. The van der Waals surface area contributed by atoms with Gasteiger partial charge < -0.3 is 15.2 Å². The average molecular weight is 248 g/mol. The Kier molecular flexibility index (Phi) is 3.78. The second-order valence-corrected chi connectivity index (χ2v) is 3.94. The minimum atomic E-state index is 0.146. The highest BCUT2D eigenvalue weighted by Gasteiger charge is 2.03. The molecule has 1 aromatic carbocycles. The van der Waals surface area contributed by atoms with Crippen molar-refractivity contribution in [3.05, 3.63) is 35.9 Å². The van der Waals surface area contributed by atoms with Gasteiger partial charge in [0.15, 0.2) is 17.3 Å². The maximum atomic E-state index is 9.63. The Morgan fingerprint density at radius 1 is 1.39 bits per heavy atom. The van der Waals surface area contributed by atoms with E-state index in [4.69, 9.17) is 4.74 Å². The third-order valence-electron chi connectivity index (χ3n) is 2.50. The predicted molar refractivity (Wildman–Crippen MR) is 66.2 cm³/mol. The first-order chi connectivity index (χ1) is 8.69. The average Bonchev–Trinajstić information content (AvgIpc) is 2.75. The molecule has 0 fully saturated rings. The highest BCUT2D eigenvalue weighted by atomic mass is 16.5. The molecule has 0 unspecified atom stereocenters. The third-order valence-corrected chi connectivity index (χ3v) is 2.50. The highest BCUT2D eigenvalue weighted by Crippen LogP contribution is 2.25. The molecule has 0 saturated heterocycles. The van der Waals surface area contributed by atoms with Crippen molar-refractivity contribution in [2.24, 2.45) is 7.05 Å². The molecule has 0 amide bonds. The Hall–Kier alpha value is -2.08. The molecular weight excluding hydrogens is 232 g/mol. The lowest BCUT2D eigenvalue weighted by atomic mass is 10.2. The summed E-state index contributed by atoms with van der Waals surface area (Å²) < 4.78 is 6.65. The zero-order chi connectivity index (χ0) is 13.0. The van der Waals surface area contributed by atoms with Gasteiger partial charge in [-0.15, -0.1) is 0 Å². The van der Waals surface area contributed by atoms with E-state index in [1.54, 1.807) is 23.1 Å². The quantitative estimate of drug-likeness (QED) is 0.819. The number of rotatable bonds is 5. The second-order valence-electron chi connectivity index (χ2n) is 3.94. The van der Waals surface area contributed by atoms with Gasteiger partial charge in [0.2, 0.25) is 0 Å². The number of nitrogens with zero attached hydrogens (tertiary/aromatic N) is 3. The zero-order valence-corrected chi connectivity index (χ0v) is 10.4. The molecule has 2 rings (SSSR count). The van der Waals surface area contributed by atoms with Gasteiger partial charge in [-0.3, -0.25) is 4.68 Å². The Balaban J connectivity index is 1.88. The SMILES string of the molecule is COc1ccc(CNCc2ncn(C)n2)cc1O. The summed E-state index contributed by atoms with van der Waals surface area (Å²) in [5.41, 5.74) is 0.976. The summed E-state index contributed by atoms with van der Waals surface area (Å²) in [5.74, 6) is 1.37. The first-order valence-corrected chi connectivity index (χ1v) is 5.60. The number of aromatic hydroxyl groups is 1. The molecule has 0 spiro atoms. The molecule has 0 atom stereocenters. The summed E-state index contributed by atoms with van der Waals surface area (Å²) in [5, 5.41) is 17.0. The summed E-state index contributed by atoms with van der Waals surface area (Å²) in [6, 6.07) is 5.32. The minimum Gasteiger partial charge on any atom is -0.504 e. The van der Waals surface area contributed by atoms with E-state index in [0.717, 1.165) is 11.4 Å². The van der Waals surface area contributed by atoms with Gasteiger partial charge in [0.05, 0.1) is 13.7 Å². The number of aryl methyl sites for hydroxylation is 1. The van der Waals surface area contributed by atoms with E-state index < -0.39 is 0 Å². The molecule has 0 radical (unpaired) electrons. The fourth-order valence-corrected chi connectivity index (χ4v) is 1.63. The fourth-order valence-electron chi connectivity index (χ4n) is 1.63. The second kappa shape index (κ2) is 5.50. The summed E-state index contributed by atoms with van der Waals surface area (Å²) in [4.78, 5) is 4.11. The number of nitrogens with one attached hydrogen (secondary N) is 1. The molecule has 0 aliphatic carbocycles. The van der Waals surface area contributed by atoms with Crippen LogP contribution in [-0.2, 0) is 20.1 Å². The van der Waals surface area contributed by atoms with Crippen molar-refractivity contribution in [2.75, 3.05) is 7.11 Å². The van der Waals surface area contributed by atoms with Crippen LogP contribution in [0.5, 0.6) is 11.5 Å². The number of phenolic OH excluding ortho intramolecular Hbond substituents is 1. The lowest BCUT2D eigenvalue weighted by molar-refractivity contribution is 0.373. The van der Waals surface area contributed by atoms with Crippen LogP contribution >= 0.6 is 0 Å². The molecule has 18 heavy (non-hydrogen) atoms. The fraction of sp³-hybridized carbons (Fsp3) is 0.333. The van der Waals surface area contributed by atoms with Crippen LogP contribution in [0.2, 0.25) is 0 Å². The van der Waals surface area contributed by atoms with Crippen molar-refractivity contribution < 1.29 is 9.84 Å². The molecule has 2 N–H and O–H groups in total. The van der Waals surface area contributed by atoms with E-state index in [0.29, 0.717) is 18.8 Å². The number of ether oxygens (including phenoxy) is 1. The van der Waals surface area contributed by atoms with E-state index in [9.17, 15) is 5.11 Å². The van der Waals surface area contributed by atoms with Crippen molar-refractivity contribution in [1.29, 1.82) is 0 Å². The highest BCUT2D eigenvalue weighted by molar-refractivity contribution is 5.41. The molecule has 0 aliphatic rings. The Bertz CT molecular complexity index is 525. The van der Waals surface area contributed by atoms with Gasteiger partial charge in [-0.25, -0.2) is 4.98 Å². The molecule has 0 aliphatic heterocycles. The Morgan fingerprint density at radius 3 is 2.83 bits per heavy atom. The van der Waals surface area contributed by atoms with Crippen LogP contribution in [0.15, 0.2) is 24.5 Å². The smallest absolute Gasteiger partial charge is 0.164 e. The van der Waals surface area contributed by atoms with Gasteiger partial charge in [-0.05, 0) is 17.7 Å². The van der Waals surface area contributed by atoms with Crippen molar-refractivity contribution >= 4 is 0 Å². The molecule has 1 heterocycles. The minimum absolute atomic E-state index is 0.146. The molecule has 0 bridgehead atoms. The van der Waals surface area contributed by atoms with Gasteiger partial charge in [-0.2, -0.15) is 5.10 Å². The van der Waals surface area contributed by atoms with Crippen LogP contribution in [-0.4, -0.2) is 27.0 Å². The summed E-state index contributed by atoms with van der Waals surface area (Å²) in [6.07, 6.45) is 1.66. The van der Waals surface area contributed by atoms with Gasteiger partial charge in [-0.1, -0.05) is 6.07 Å². The number of benzene rings is 1. The zero-order valence-electron chi connectivity index (χ0n) is 10.4. The van der Waals surface area contributed by atoms with E-state index >= 15 is 0 Å². The first kappa shape index (κ1) is 12.4. The molecule has 2 aromatic rings. The number of hydrogen-bond donors (Lipinski definition) is 2. The molecular formula is C12H16N4O2. The van der Waals surface area contributed by atoms with Crippen LogP contribution in [0, 0.1) is 0 Å². The summed E-state index contributed by atoms with van der Waals surface area (Å²) >= 11 is 0. The van der Waals surface area contributed by atoms with Crippen LogP contribution < -0.4 is 10.1 Å². The molecule has 96 valence electrons. The van der Waals surface area contributed by atoms with Crippen molar-refractivity contribution in [2.45, 2.75) is 13.1 Å². The number of phenols is 1. The van der Waals surface area contributed by atoms with Crippen LogP contribution in [0.25, 0.3) is 0 Å².